The number of nitrogens with zero attached hydrogens (tertiary/aromatic N) is 10. The molecule has 8 aromatic rings. The summed E-state index contributed by atoms with van der Waals surface area (Å²) in [6.07, 6.45) is 5.18. The maximum absolute atomic E-state index is 15.5. The lowest BCUT2D eigenvalue weighted by molar-refractivity contribution is -0.207. The molecule has 7 heterocycles. The lowest BCUT2D eigenvalue weighted by Crippen LogP contribution is -2.48. The Morgan fingerprint density at radius 1 is 0.630 bits per heavy atom. The molecule has 10 rings (SSSR count). The maximum Gasteiger partial charge on any atom is 0.324 e. The summed E-state index contributed by atoms with van der Waals surface area (Å²) in [5.74, 6) is -19.7. The van der Waals surface area contributed by atoms with Crippen LogP contribution in [-0.2, 0) is 50.5 Å². The highest BCUT2D eigenvalue weighted by atomic mass is 79.9. The quantitative estimate of drug-likeness (QED) is 0.0925. The number of epoxide rings is 2. The van der Waals surface area contributed by atoms with E-state index >= 15 is 8.78 Å². The number of aromatic amines is 1. The van der Waals surface area contributed by atoms with Crippen molar-refractivity contribution in [3.05, 3.63) is 204 Å². The summed E-state index contributed by atoms with van der Waals surface area (Å²) in [5, 5.41) is 32.7. The number of rotatable bonds is 11. The molecule has 2 aliphatic heterocycles. The first kappa shape index (κ1) is 46.5. The molecule has 0 spiro atoms. The van der Waals surface area contributed by atoms with E-state index in [1.165, 1.54) is 24.5 Å². The molecule has 0 aliphatic carbocycles. The number of aromatic nitrogens is 11. The Balaban J connectivity index is 0.000000165. The molecular formula is C44H28Br3F12N11O3. The van der Waals surface area contributed by atoms with E-state index in [1.54, 1.807) is 0 Å². The fraction of sp³-hybridized carbons (Fsp3) is 0.205. The van der Waals surface area contributed by atoms with Gasteiger partial charge in [-0.05, 0) is 131 Å². The zero-order valence-electron chi connectivity index (χ0n) is 41.5. The van der Waals surface area contributed by atoms with E-state index in [0.29, 0.717) is 44.0 Å². The van der Waals surface area contributed by atoms with Gasteiger partial charge < -0.3 is 14.6 Å². The Labute approximate surface area is 436 Å². The fourth-order valence-corrected chi connectivity index (χ4v) is 6.99. The number of ether oxygens (including phenoxy) is 2. The SMILES string of the molecule is [2H]C([2H])(n1cnnn1)[C@](O)(c1ccc(F)cc1F)C(F)(F)c1ccc(Br)cn1.[2H]C1([2H])OC1(c1ccc(F)cc1F)C(F)(F)c1ccc(Br)cn1.[2H]C1([2H])O[C@@]1(c1ccc(F)cc1F)C(F)(F)c1ccc(Br)cn1.c1nn[nH]n1. The molecule has 0 saturated carbocycles. The number of alkyl halides is 6. The van der Waals surface area contributed by atoms with Crippen LogP contribution in [-0.4, -0.2) is 74.0 Å². The van der Waals surface area contributed by atoms with Crippen molar-refractivity contribution in [3.8, 4) is 0 Å². The van der Waals surface area contributed by atoms with Crippen molar-refractivity contribution in [2.24, 2.45) is 0 Å². The zero-order valence-corrected chi connectivity index (χ0v) is 40.2. The third kappa shape index (κ3) is 11.4. The molecule has 1 unspecified atom stereocenters. The average molecular weight is 1230 g/mol. The van der Waals surface area contributed by atoms with Gasteiger partial charge in [-0.15, -0.1) is 15.3 Å². The first-order chi connectivity index (χ1) is 36.7. The summed E-state index contributed by atoms with van der Waals surface area (Å²) in [4.78, 5) is 10.6. The second-order valence-corrected chi connectivity index (χ2v) is 17.3. The number of H-pyrrole nitrogens is 1. The fourth-order valence-electron chi connectivity index (χ4n) is 6.29. The van der Waals surface area contributed by atoms with Gasteiger partial charge in [-0.1, -0.05) is 5.21 Å². The number of benzene rings is 3. The van der Waals surface area contributed by atoms with Crippen LogP contribution < -0.4 is 0 Å². The van der Waals surface area contributed by atoms with Crippen LogP contribution in [0.3, 0.4) is 0 Å². The van der Waals surface area contributed by atoms with Crippen molar-refractivity contribution in [2.45, 2.75) is 41.1 Å². The molecular weight excluding hydrogens is 1200 g/mol. The Hall–Kier alpha value is -6.27. The Morgan fingerprint density at radius 3 is 1.40 bits per heavy atom. The Kier molecular flexibility index (Phi) is 13.8. The van der Waals surface area contributed by atoms with Gasteiger partial charge in [-0.3, -0.25) is 15.0 Å². The number of hydrogen-bond donors (Lipinski definition) is 2. The Morgan fingerprint density at radius 2 is 1.07 bits per heavy atom. The second-order valence-electron chi connectivity index (χ2n) is 14.6. The normalized spacial score (nSPS) is 20.7. The Bertz CT molecular complexity index is 3290. The topological polar surface area (TPSA) is 182 Å². The van der Waals surface area contributed by atoms with Gasteiger partial charge in [0.15, 0.2) is 23.1 Å². The number of nitrogens with one attached hydrogen (secondary N) is 1. The van der Waals surface area contributed by atoms with E-state index < -0.39 is 123 Å². The van der Waals surface area contributed by atoms with Gasteiger partial charge in [0.05, 0.1) is 27.8 Å². The van der Waals surface area contributed by atoms with Crippen molar-refractivity contribution in [1.29, 1.82) is 0 Å². The van der Waals surface area contributed by atoms with Crippen molar-refractivity contribution in [2.75, 3.05) is 13.1 Å². The molecule has 0 radical (unpaired) electrons. The van der Waals surface area contributed by atoms with Crippen molar-refractivity contribution < 1.29 is 75.5 Å². The molecule has 14 nitrogen and oxygen atoms in total. The number of aliphatic hydroxyl groups is 1. The monoisotopic (exact) mass is 1230 g/mol. The van der Waals surface area contributed by atoms with Gasteiger partial charge in [0.1, 0.15) is 58.3 Å². The van der Waals surface area contributed by atoms with Crippen molar-refractivity contribution in [1.82, 2.24) is 55.8 Å². The van der Waals surface area contributed by atoms with Crippen LogP contribution in [0.2, 0.25) is 0 Å². The van der Waals surface area contributed by atoms with Crippen LogP contribution in [0.1, 0.15) is 42.0 Å². The number of tetrazole rings is 2. The molecule has 0 bridgehead atoms. The van der Waals surface area contributed by atoms with Crippen molar-refractivity contribution >= 4 is 47.8 Å². The largest absolute Gasteiger partial charge is 0.377 e. The molecule has 5 aromatic heterocycles. The van der Waals surface area contributed by atoms with Gasteiger partial charge in [0, 0.05) is 66.9 Å². The molecule has 382 valence electrons. The molecule has 2 saturated heterocycles. The summed E-state index contributed by atoms with van der Waals surface area (Å²) < 4.78 is 229. The molecule has 0 amide bonds. The molecule has 3 atom stereocenters. The smallest absolute Gasteiger partial charge is 0.324 e. The minimum Gasteiger partial charge on any atom is -0.377 e. The predicted octanol–water partition coefficient (Wildman–Crippen LogP) is 10.3. The highest BCUT2D eigenvalue weighted by Crippen LogP contribution is 2.57. The maximum atomic E-state index is 15.5. The molecule has 29 heteroatoms. The standard InChI is InChI=1S/C15H10BrF4N5O.2C14H8BrF4NO.CH2N4/c16-9-1-4-13(21-6-9)15(19,20)14(26,7-25-8-22-23-24-25)11-3-2-10(17)5-12(11)18;2*15-8-1-4-12(20-6-8)14(18,19)13(7-21-13)10-3-2-9(16)5-11(10)17;1-2-4-5-3-1/h1-6,8,26H,7H2;2*1-6H,7H2;1H,(H,2,3,4,5)/t14-;13-;;/m00../s1/i3*7D2;. The lowest BCUT2D eigenvalue weighted by Gasteiger charge is -2.35. The molecule has 73 heavy (non-hydrogen) atoms. The second kappa shape index (κ2) is 21.7. The molecule has 2 fully saturated rings. The van der Waals surface area contributed by atoms with Gasteiger partial charge >= 0.3 is 17.8 Å². The molecule has 2 N–H and O–H groups in total. The summed E-state index contributed by atoms with van der Waals surface area (Å²) >= 11 is 9.12. The van der Waals surface area contributed by atoms with Gasteiger partial charge in [0.2, 0.25) is 0 Å². The minimum atomic E-state index is -4.50. The van der Waals surface area contributed by atoms with E-state index in [2.05, 4.69) is 108 Å². The first-order valence-electron chi connectivity index (χ1n) is 22.6. The third-order valence-corrected chi connectivity index (χ3v) is 11.3. The summed E-state index contributed by atoms with van der Waals surface area (Å²) in [7, 11) is 0. The number of pyridine rings is 3. The van der Waals surface area contributed by atoms with Crippen LogP contribution in [0.15, 0.2) is 136 Å². The van der Waals surface area contributed by atoms with Crippen LogP contribution in [0, 0.1) is 34.9 Å². The average Bonchev–Trinajstić information content (AvgIpc) is 3.35. The van der Waals surface area contributed by atoms with E-state index in [9.17, 15) is 49.0 Å². The number of halogens is 15. The summed E-state index contributed by atoms with van der Waals surface area (Å²) in [5.41, 5.74) is -15.1. The number of hydrogen-bond acceptors (Lipinski definition) is 12. The van der Waals surface area contributed by atoms with Crippen LogP contribution >= 0.6 is 47.8 Å². The summed E-state index contributed by atoms with van der Waals surface area (Å²) in [6, 6.07) is 11.8. The van der Waals surface area contributed by atoms with E-state index in [1.807, 2.05) is 0 Å². The molecule has 2 aliphatic rings. The van der Waals surface area contributed by atoms with Gasteiger partial charge in [-0.2, -0.15) is 31.6 Å². The molecule has 3 aromatic carbocycles. The highest BCUT2D eigenvalue weighted by molar-refractivity contribution is 9.11. The van der Waals surface area contributed by atoms with Crippen LogP contribution in [0.25, 0.3) is 0 Å². The van der Waals surface area contributed by atoms with Crippen molar-refractivity contribution in [3.63, 3.8) is 0 Å². The van der Waals surface area contributed by atoms with Gasteiger partial charge in [0.25, 0.3) is 0 Å². The van der Waals surface area contributed by atoms with Crippen LogP contribution in [0.4, 0.5) is 52.7 Å². The van der Waals surface area contributed by atoms with E-state index in [-0.39, 0.29) is 10.7 Å². The predicted molar refractivity (Wildman–Crippen MR) is 238 cm³/mol. The lowest BCUT2D eigenvalue weighted by atomic mass is 9.84. The highest BCUT2D eigenvalue weighted by Gasteiger charge is 2.69. The minimum absolute atomic E-state index is 0.211. The third-order valence-electron chi connectivity index (χ3n) is 9.94. The van der Waals surface area contributed by atoms with Gasteiger partial charge in [-0.25, -0.2) is 31.0 Å². The van der Waals surface area contributed by atoms with E-state index in [0.717, 1.165) is 61.1 Å². The first-order valence-corrected chi connectivity index (χ1v) is 22.0. The van der Waals surface area contributed by atoms with E-state index in [4.69, 9.17) is 8.22 Å². The summed E-state index contributed by atoms with van der Waals surface area (Å²) in [6.45, 7) is -9.14. The zero-order chi connectivity index (χ0) is 58.4. The van der Waals surface area contributed by atoms with Crippen LogP contribution in [0.5, 0.6) is 0 Å².